The van der Waals surface area contributed by atoms with E-state index < -0.39 is 9.84 Å². The summed E-state index contributed by atoms with van der Waals surface area (Å²) >= 11 is 0. The molecule has 0 radical (unpaired) electrons. The van der Waals surface area contributed by atoms with E-state index in [9.17, 15) is 13.5 Å². The number of benzene rings is 1. The molecule has 7 heteroatoms. The molecule has 1 aromatic heterocycles. The molecule has 22 heavy (non-hydrogen) atoms. The van der Waals surface area contributed by atoms with Crippen molar-refractivity contribution in [3.8, 4) is 0 Å². The van der Waals surface area contributed by atoms with Crippen LogP contribution in [0.25, 0.3) is 10.9 Å². The predicted octanol–water partition coefficient (Wildman–Crippen LogP) is 1.24. The van der Waals surface area contributed by atoms with Crippen LogP contribution in [-0.4, -0.2) is 49.4 Å². The van der Waals surface area contributed by atoms with E-state index in [4.69, 9.17) is 0 Å². The lowest BCUT2D eigenvalue weighted by atomic mass is 9.98. The fourth-order valence-electron chi connectivity index (χ4n) is 2.83. The van der Waals surface area contributed by atoms with Crippen LogP contribution >= 0.6 is 0 Å². The Morgan fingerprint density at radius 1 is 1.27 bits per heavy atom. The molecule has 1 aliphatic heterocycles. The second kappa shape index (κ2) is 5.81. The monoisotopic (exact) mass is 321 g/mol. The zero-order valence-corrected chi connectivity index (χ0v) is 13.3. The Kier molecular flexibility index (Phi) is 4.01. The minimum Gasteiger partial charge on any atom is -0.396 e. The molecule has 1 aromatic carbocycles. The fraction of sp³-hybridized carbons (Fsp3) is 0.467. The Labute approximate surface area is 129 Å². The van der Waals surface area contributed by atoms with Crippen molar-refractivity contribution >= 4 is 26.6 Å². The Morgan fingerprint density at radius 2 is 2.00 bits per heavy atom. The van der Waals surface area contributed by atoms with E-state index >= 15 is 0 Å². The van der Waals surface area contributed by atoms with Crippen LogP contribution in [0.4, 0.5) is 5.82 Å². The Hall–Kier alpha value is -1.73. The number of nitrogens with zero attached hydrogens (tertiary/aromatic N) is 3. The lowest BCUT2D eigenvalue weighted by molar-refractivity contribution is 0.203. The van der Waals surface area contributed by atoms with Crippen LogP contribution in [0.3, 0.4) is 0 Å². The molecular weight excluding hydrogens is 302 g/mol. The molecule has 2 heterocycles. The van der Waals surface area contributed by atoms with Crippen LogP contribution in [0.2, 0.25) is 0 Å². The molecule has 0 atom stereocenters. The molecule has 0 amide bonds. The highest BCUT2D eigenvalue weighted by Gasteiger charge is 2.21. The van der Waals surface area contributed by atoms with Gasteiger partial charge in [0.2, 0.25) is 0 Å². The second-order valence-corrected chi connectivity index (χ2v) is 7.78. The zero-order valence-electron chi connectivity index (χ0n) is 12.4. The number of hydrogen-bond acceptors (Lipinski definition) is 6. The molecule has 1 N–H and O–H groups in total. The number of fused-ring (bicyclic) bond motifs is 1. The van der Waals surface area contributed by atoms with Crippen molar-refractivity contribution in [2.45, 2.75) is 17.7 Å². The number of aliphatic hydroxyl groups excluding tert-OH is 1. The van der Waals surface area contributed by atoms with Gasteiger partial charge in [0.05, 0.1) is 10.4 Å². The quantitative estimate of drug-likeness (QED) is 0.916. The third-order valence-electron chi connectivity index (χ3n) is 4.19. The van der Waals surface area contributed by atoms with Crippen LogP contribution in [0.15, 0.2) is 29.4 Å². The van der Waals surface area contributed by atoms with Crippen LogP contribution in [0, 0.1) is 5.92 Å². The maximum atomic E-state index is 11.8. The van der Waals surface area contributed by atoms with Gasteiger partial charge in [-0.05, 0) is 37.0 Å². The van der Waals surface area contributed by atoms with E-state index in [0.29, 0.717) is 5.92 Å². The Balaban J connectivity index is 2.02. The lowest BCUT2D eigenvalue weighted by Crippen LogP contribution is -2.35. The van der Waals surface area contributed by atoms with Crippen molar-refractivity contribution in [3.63, 3.8) is 0 Å². The summed E-state index contributed by atoms with van der Waals surface area (Å²) in [6.07, 6.45) is 4.53. The topological polar surface area (TPSA) is 83.4 Å². The first-order valence-electron chi connectivity index (χ1n) is 7.29. The summed E-state index contributed by atoms with van der Waals surface area (Å²) in [6, 6.07) is 4.95. The molecule has 1 fully saturated rings. The van der Waals surface area contributed by atoms with Gasteiger partial charge in [-0.25, -0.2) is 18.4 Å². The van der Waals surface area contributed by atoms with E-state index in [0.717, 1.165) is 42.7 Å². The zero-order chi connectivity index (χ0) is 15.7. The minimum atomic E-state index is -3.26. The molecule has 2 aromatic rings. The van der Waals surface area contributed by atoms with Crippen LogP contribution in [0.5, 0.6) is 0 Å². The van der Waals surface area contributed by atoms with E-state index in [2.05, 4.69) is 14.9 Å². The molecule has 1 saturated heterocycles. The van der Waals surface area contributed by atoms with Gasteiger partial charge in [-0.15, -0.1) is 0 Å². The highest BCUT2D eigenvalue weighted by atomic mass is 32.2. The average Bonchev–Trinajstić information content (AvgIpc) is 2.53. The van der Waals surface area contributed by atoms with Gasteiger partial charge in [-0.1, -0.05) is 0 Å². The standard InChI is InChI=1S/C15H19N3O3S/c1-22(20,21)12-2-3-14-13(8-12)15(17-10-16-14)18-6-4-11(9-19)5-7-18/h2-3,8,10-11,19H,4-7,9H2,1H3. The summed E-state index contributed by atoms with van der Waals surface area (Å²) in [6.45, 7) is 1.83. The predicted molar refractivity (Wildman–Crippen MR) is 84.7 cm³/mol. The smallest absolute Gasteiger partial charge is 0.175 e. The van der Waals surface area contributed by atoms with Gasteiger partial charge in [-0.3, -0.25) is 0 Å². The molecule has 0 bridgehead atoms. The van der Waals surface area contributed by atoms with Crippen LogP contribution < -0.4 is 4.90 Å². The third-order valence-corrected chi connectivity index (χ3v) is 5.30. The lowest BCUT2D eigenvalue weighted by Gasteiger charge is -2.32. The van der Waals surface area contributed by atoms with E-state index in [1.165, 1.54) is 12.6 Å². The normalized spacial score (nSPS) is 17.1. The molecule has 3 rings (SSSR count). The SMILES string of the molecule is CS(=O)(=O)c1ccc2ncnc(N3CCC(CO)CC3)c2c1. The van der Waals surface area contributed by atoms with Crippen molar-refractivity contribution in [1.82, 2.24) is 9.97 Å². The van der Waals surface area contributed by atoms with E-state index in [-0.39, 0.29) is 11.5 Å². The van der Waals surface area contributed by atoms with Crippen molar-refractivity contribution in [3.05, 3.63) is 24.5 Å². The summed E-state index contributed by atoms with van der Waals surface area (Å²) in [4.78, 5) is 11.0. The Bertz CT molecular complexity index is 784. The first-order valence-corrected chi connectivity index (χ1v) is 9.19. The van der Waals surface area contributed by atoms with Gasteiger partial charge in [0.25, 0.3) is 0 Å². The maximum absolute atomic E-state index is 11.8. The molecule has 0 unspecified atom stereocenters. The first-order chi connectivity index (χ1) is 10.5. The van der Waals surface area contributed by atoms with Gasteiger partial charge < -0.3 is 10.0 Å². The number of sulfone groups is 1. The summed E-state index contributed by atoms with van der Waals surface area (Å²) in [5.74, 6) is 1.11. The fourth-order valence-corrected chi connectivity index (χ4v) is 3.48. The largest absolute Gasteiger partial charge is 0.396 e. The van der Waals surface area contributed by atoms with Crippen molar-refractivity contribution < 1.29 is 13.5 Å². The van der Waals surface area contributed by atoms with Gasteiger partial charge in [0.15, 0.2) is 9.84 Å². The van der Waals surface area contributed by atoms with Gasteiger partial charge in [0, 0.05) is 31.3 Å². The number of aliphatic hydroxyl groups is 1. The van der Waals surface area contributed by atoms with E-state index in [1.807, 2.05) is 0 Å². The van der Waals surface area contributed by atoms with Crippen molar-refractivity contribution in [2.75, 3.05) is 30.9 Å². The molecular formula is C15H19N3O3S. The van der Waals surface area contributed by atoms with Crippen LogP contribution in [0.1, 0.15) is 12.8 Å². The minimum absolute atomic E-state index is 0.219. The average molecular weight is 321 g/mol. The summed E-state index contributed by atoms with van der Waals surface area (Å²) < 4.78 is 23.5. The molecule has 6 nitrogen and oxygen atoms in total. The molecule has 1 aliphatic rings. The Morgan fingerprint density at radius 3 is 2.64 bits per heavy atom. The molecule has 0 saturated carbocycles. The highest BCUT2D eigenvalue weighted by Crippen LogP contribution is 2.28. The van der Waals surface area contributed by atoms with Gasteiger partial charge in [-0.2, -0.15) is 0 Å². The first kappa shape index (κ1) is 15.2. The van der Waals surface area contributed by atoms with Crippen molar-refractivity contribution in [2.24, 2.45) is 5.92 Å². The summed E-state index contributed by atoms with van der Waals surface area (Å²) in [5, 5.41) is 9.99. The number of rotatable bonds is 3. The highest BCUT2D eigenvalue weighted by molar-refractivity contribution is 7.90. The number of hydrogen-bond donors (Lipinski definition) is 1. The van der Waals surface area contributed by atoms with Gasteiger partial charge in [0.1, 0.15) is 12.1 Å². The third kappa shape index (κ3) is 2.91. The van der Waals surface area contributed by atoms with Crippen molar-refractivity contribution in [1.29, 1.82) is 0 Å². The number of piperidine rings is 1. The summed E-state index contributed by atoms with van der Waals surface area (Å²) in [5.41, 5.74) is 0.738. The number of anilines is 1. The molecule has 0 spiro atoms. The van der Waals surface area contributed by atoms with E-state index in [1.54, 1.807) is 18.2 Å². The molecule has 0 aliphatic carbocycles. The van der Waals surface area contributed by atoms with Gasteiger partial charge >= 0.3 is 0 Å². The maximum Gasteiger partial charge on any atom is 0.175 e. The van der Waals surface area contributed by atoms with Crippen LogP contribution in [-0.2, 0) is 9.84 Å². The number of aromatic nitrogens is 2. The summed E-state index contributed by atoms with van der Waals surface area (Å²) in [7, 11) is -3.26. The molecule has 118 valence electrons. The second-order valence-electron chi connectivity index (χ2n) is 5.76.